The molecular formula is C10H18N2OS. The fraction of sp³-hybridized carbons (Fsp3) is 0.700. The molecule has 0 aliphatic carbocycles. The van der Waals surface area contributed by atoms with E-state index in [0.717, 1.165) is 13.0 Å². The van der Waals surface area contributed by atoms with Crippen molar-refractivity contribution in [2.45, 2.75) is 39.3 Å². The van der Waals surface area contributed by atoms with Crippen molar-refractivity contribution in [3.63, 3.8) is 0 Å². The summed E-state index contributed by atoms with van der Waals surface area (Å²) in [5.74, 6) is 0. The van der Waals surface area contributed by atoms with Gasteiger partial charge in [-0.3, -0.25) is 0 Å². The van der Waals surface area contributed by atoms with Gasteiger partial charge in [0.2, 0.25) is 0 Å². The molecule has 4 heteroatoms. The standard InChI is InChI=1S/C10H18N2OS/c1-4-9-12-6-8(14-9)5-11-7-10(2,3)13/h6,11,13H,4-5,7H2,1-3H3. The average molecular weight is 214 g/mol. The van der Waals surface area contributed by atoms with E-state index in [1.807, 2.05) is 6.20 Å². The van der Waals surface area contributed by atoms with E-state index in [2.05, 4.69) is 17.2 Å². The molecule has 80 valence electrons. The van der Waals surface area contributed by atoms with Gasteiger partial charge in [-0.15, -0.1) is 11.3 Å². The zero-order chi connectivity index (χ0) is 10.6. The first-order valence-electron chi connectivity index (χ1n) is 4.88. The first-order valence-corrected chi connectivity index (χ1v) is 5.69. The van der Waals surface area contributed by atoms with E-state index in [4.69, 9.17) is 0 Å². The first kappa shape index (κ1) is 11.6. The number of nitrogens with one attached hydrogen (secondary N) is 1. The van der Waals surface area contributed by atoms with Gasteiger partial charge in [0.05, 0.1) is 10.6 Å². The van der Waals surface area contributed by atoms with Crippen molar-refractivity contribution in [3.05, 3.63) is 16.1 Å². The summed E-state index contributed by atoms with van der Waals surface area (Å²) >= 11 is 1.73. The van der Waals surface area contributed by atoms with E-state index in [-0.39, 0.29) is 0 Å². The molecule has 0 radical (unpaired) electrons. The summed E-state index contributed by atoms with van der Waals surface area (Å²) in [5.41, 5.74) is -0.641. The Balaban J connectivity index is 2.31. The van der Waals surface area contributed by atoms with Crippen LogP contribution in [0, 0.1) is 0 Å². The highest BCUT2D eigenvalue weighted by atomic mass is 32.1. The van der Waals surface area contributed by atoms with E-state index in [1.54, 1.807) is 25.2 Å². The Kier molecular flexibility index (Phi) is 4.04. The van der Waals surface area contributed by atoms with Crippen LogP contribution < -0.4 is 5.32 Å². The van der Waals surface area contributed by atoms with Gasteiger partial charge in [0.15, 0.2) is 0 Å². The van der Waals surface area contributed by atoms with Gasteiger partial charge in [0, 0.05) is 24.2 Å². The highest BCUT2D eigenvalue weighted by Gasteiger charge is 2.11. The lowest BCUT2D eigenvalue weighted by atomic mass is 10.1. The van der Waals surface area contributed by atoms with Crippen molar-refractivity contribution in [1.29, 1.82) is 0 Å². The summed E-state index contributed by atoms with van der Waals surface area (Å²) in [5, 5.41) is 13.8. The third-order valence-electron chi connectivity index (χ3n) is 1.76. The molecule has 2 N–H and O–H groups in total. The van der Waals surface area contributed by atoms with E-state index < -0.39 is 5.60 Å². The summed E-state index contributed by atoms with van der Waals surface area (Å²) in [6.45, 7) is 7.09. The van der Waals surface area contributed by atoms with Gasteiger partial charge in [-0.1, -0.05) is 6.92 Å². The number of aromatic nitrogens is 1. The van der Waals surface area contributed by atoms with Crippen molar-refractivity contribution in [2.75, 3.05) is 6.54 Å². The van der Waals surface area contributed by atoms with Crippen molar-refractivity contribution < 1.29 is 5.11 Å². The molecule has 0 aliphatic rings. The van der Waals surface area contributed by atoms with Gasteiger partial charge in [0.25, 0.3) is 0 Å². The minimum Gasteiger partial charge on any atom is -0.389 e. The number of hydrogen-bond acceptors (Lipinski definition) is 4. The molecule has 14 heavy (non-hydrogen) atoms. The normalized spacial score (nSPS) is 12.0. The SMILES string of the molecule is CCc1ncc(CNCC(C)(C)O)s1. The molecule has 0 bridgehead atoms. The second-order valence-corrected chi connectivity index (χ2v) is 5.19. The zero-order valence-corrected chi connectivity index (χ0v) is 9.82. The van der Waals surface area contributed by atoms with Gasteiger partial charge in [-0.05, 0) is 20.3 Å². The monoisotopic (exact) mass is 214 g/mol. The second-order valence-electron chi connectivity index (χ2n) is 3.99. The van der Waals surface area contributed by atoms with Gasteiger partial charge in [-0.25, -0.2) is 4.98 Å². The molecule has 1 rings (SSSR count). The number of rotatable bonds is 5. The van der Waals surface area contributed by atoms with Crippen molar-refractivity contribution in [3.8, 4) is 0 Å². The number of aliphatic hydroxyl groups is 1. The fourth-order valence-corrected chi connectivity index (χ4v) is 1.92. The van der Waals surface area contributed by atoms with Gasteiger partial charge < -0.3 is 10.4 Å². The number of aryl methyl sites for hydroxylation is 1. The number of thiazole rings is 1. The van der Waals surface area contributed by atoms with E-state index in [9.17, 15) is 5.11 Å². The summed E-state index contributed by atoms with van der Waals surface area (Å²) in [6.07, 6.45) is 2.90. The topological polar surface area (TPSA) is 45.2 Å². The quantitative estimate of drug-likeness (QED) is 0.782. The van der Waals surface area contributed by atoms with Crippen LogP contribution in [0.3, 0.4) is 0 Å². The largest absolute Gasteiger partial charge is 0.389 e. The average Bonchev–Trinajstić information content (AvgIpc) is 2.50. The molecule has 0 amide bonds. The molecule has 0 fully saturated rings. The summed E-state index contributed by atoms with van der Waals surface area (Å²) in [6, 6.07) is 0. The van der Waals surface area contributed by atoms with Gasteiger partial charge >= 0.3 is 0 Å². The lowest BCUT2D eigenvalue weighted by Crippen LogP contribution is -2.34. The van der Waals surface area contributed by atoms with Crippen molar-refractivity contribution in [1.82, 2.24) is 10.3 Å². The Morgan fingerprint density at radius 1 is 1.57 bits per heavy atom. The Hall–Kier alpha value is -0.450. The Labute approximate surface area is 89.2 Å². The van der Waals surface area contributed by atoms with Crippen LogP contribution in [-0.4, -0.2) is 22.2 Å². The lowest BCUT2D eigenvalue weighted by molar-refractivity contribution is 0.0796. The molecule has 0 aromatic carbocycles. The van der Waals surface area contributed by atoms with Crippen LogP contribution in [0.5, 0.6) is 0 Å². The molecule has 0 saturated carbocycles. The van der Waals surface area contributed by atoms with E-state index >= 15 is 0 Å². The molecule has 1 aromatic heterocycles. The Bertz CT molecular complexity index is 278. The van der Waals surface area contributed by atoms with Crippen LogP contribution in [0.1, 0.15) is 30.7 Å². The highest BCUT2D eigenvalue weighted by molar-refractivity contribution is 7.11. The predicted molar refractivity (Wildman–Crippen MR) is 59.5 cm³/mol. The molecule has 0 saturated heterocycles. The highest BCUT2D eigenvalue weighted by Crippen LogP contribution is 2.12. The molecule has 0 unspecified atom stereocenters. The molecule has 0 spiro atoms. The molecular weight excluding hydrogens is 196 g/mol. The van der Waals surface area contributed by atoms with Crippen molar-refractivity contribution >= 4 is 11.3 Å². The predicted octanol–water partition coefficient (Wildman–Crippen LogP) is 1.57. The van der Waals surface area contributed by atoms with Crippen molar-refractivity contribution in [2.24, 2.45) is 0 Å². The third-order valence-corrected chi connectivity index (χ3v) is 2.90. The maximum Gasteiger partial charge on any atom is 0.0925 e. The minimum atomic E-state index is -0.641. The van der Waals surface area contributed by atoms with Crippen LogP contribution in [-0.2, 0) is 13.0 Å². The summed E-state index contributed by atoms with van der Waals surface area (Å²) in [7, 11) is 0. The summed E-state index contributed by atoms with van der Waals surface area (Å²) < 4.78 is 0. The van der Waals surface area contributed by atoms with Crippen LogP contribution in [0.25, 0.3) is 0 Å². The van der Waals surface area contributed by atoms with Gasteiger partial charge in [-0.2, -0.15) is 0 Å². The third kappa shape index (κ3) is 4.17. The summed E-state index contributed by atoms with van der Waals surface area (Å²) in [4.78, 5) is 5.49. The van der Waals surface area contributed by atoms with E-state index in [0.29, 0.717) is 6.54 Å². The Morgan fingerprint density at radius 2 is 2.29 bits per heavy atom. The molecule has 0 aliphatic heterocycles. The maximum absolute atomic E-state index is 9.47. The second kappa shape index (κ2) is 4.87. The van der Waals surface area contributed by atoms with Gasteiger partial charge in [0.1, 0.15) is 0 Å². The number of nitrogens with zero attached hydrogens (tertiary/aromatic N) is 1. The Morgan fingerprint density at radius 3 is 2.79 bits per heavy atom. The zero-order valence-electron chi connectivity index (χ0n) is 9.00. The van der Waals surface area contributed by atoms with Crippen LogP contribution in [0.2, 0.25) is 0 Å². The molecule has 0 atom stereocenters. The molecule has 1 aromatic rings. The van der Waals surface area contributed by atoms with E-state index in [1.165, 1.54) is 9.88 Å². The van der Waals surface area contributed by atoms with Crippen LogP contribution in [0.4, 0.5) is 0 Å². The first-order chi connectivity index (χ1) is 6.51. The van der Waals surface area contributed by atoms with Crippen LogP contribution in [0.15, 0.2) is 6.20 Å². The smallest absolute Gasteiger partial charge is 0.0925 e. The van der Waals surface area contributed by atoms with Crippen LogP contribution >= 0.6 is 11.3 Å². The molecule has 1 heterocycles. The maximum atomic E-state index is 9.47. The minimum absolute atomic E-state index is 0.604. The number of hydrogen-bond donors (Lipinski definition) is 2. The molecule has 3 nitrogen and oxygen atoms in total. The fourth-order valence-electron chi connectivity index (χ4n) is 1.08. The lowest BCUT2D eigenvalue weighted by Gasteiger charge is -2.16.